The van der Waals surface area contributed by atoms with Gasteiger partial charge in [0.2, 0.25) is 0 Å². The molecule has 0 aromatic carbocycles. The molecule has 1 saturated carbocycles. The molecular weight excluding hydrogens is 230 g/mol. The molecule has 1 aliphatic carbocycles. The summed E-state index contributed by atoms with van der Waals surface area (Å²) in [6.45, 7) is 0.410. The van der Waals surface area contributed by atoms with Crippen molar-refractivity contribution in [1.82, 2.24) is 4.98 Å². The molecule has 0 atom stereocenters. The number of rotatable bonds is 3. The molecule has 0 amide bonds. The average molecular weight is 245 g/mol. The lowest BCUT2D eigenvalue weighted by atomic mass is 9.96. The van der Waals surface area contributed by atoms with Gasteiger partial charge < -0.3 is 9.94 Å². The first-order valence-corrected chi connectivity index (χ1v) is 5.99. The maximum Gasteiger partial charge on any atom is 0.145 e. The number of aromatic nitrogens is 1. The highest BCUT2D eigenvalue weighted by molar-refractivity contribution is 5.84. The molecule has 5 heteroatoms. The predicted molar refractivity (Wildman–Crippen MR) is 65.2 cm³/mol. The van der Waals surface area contributed by atoms with Crippen molar-refractivity contribution in [2.45, 2.75) is 38.4 Å². The van der Waals surface area contributed by atoms with Gasteiger partial charge in [-0.25, -0.2) is 4.98 Å². The number of ether oxygens (including phenoxy) is 1. The molecule has 0 unspecified atom stereocenters. The third-order valence-corrected chi connectivity index (χ3v) is 3.12. The molecule has 18 heavy (non-hydrogen) atoms. The van der Waals surface area contributed by atoms with Crippen LogP contribution in [0.1, 0.15) is 36.9 Å². The van der Waals surface area contributed by atoms with Gasteiger partial charge in [-0.15, -0.1) is 0 Å². The van der Waals surface area contributed by atoms with E-state index in [2.05, 4.69) is 16.2 Å². The smallest absolute Gasteiger partial charge is 0.145 e. The van der Waals surface area contributed by atoms with E-state index in [1.54, 1.807) is 12.3 Å². The largest absolute Gasteiger partial charge is 0.411 e. The highest BCUT2D eigenvalue weighted by atomic mass is 16.5. The van der Waals surface area contributed by atoms with Crippen molar-refractivity contribution in [2.75, 3.05) is 0 Å². The zero-order valence-electron chi connectivity index (χ0n) is 10.0. The standard InChI is InChI=1S/C13H15N3O2/c14-8-13-10(2-1-7-15-13)9-18-12-5-3-11(16-17)4-6-12/h1-2,7,12,17H,3-6,9H2. The highest BCUT2D eigenvalue weighted by Crippen LogP contribution is 2.20. The fourth-order valence-corrected chi connectivity index (χ4v) is 2.05. The van der Waals surface area contributed by atoms with E-state index in [1.165, 1.54) is 0 Å². The summed E-state index contributed by atoms with van der Waals surface area (Å²) in [5.74, 6) is 0. The fourth-order valence-electron chi connectivity index (χ4n) is 2.05. The van der Waals surface area contributed by atoms with Crippen molar-refractivity contribution >= 4 is 5.71 Å². The Kier molecular flexibility index (Phi) is 4.26. The number of oxime groups is 1. The van der Waals surface area contributed by atoms with Gasteiger partial charge in [0, 0.05) is 11.8 Å². The first-order chi connectivity index (χ1) is 8.83. The van der Waals surface area contributed by atoms with E-state index in [4.69, 9.17) is 15.2 Å². The van der Waals surface area contributed by atoms with Gasteiger partial charge in [0.1, 0.15) is 11.8 Å². The van der Waals surface area contributed by atoms with E-state index >= 15 is 0 Å². The van der Waals surface area contributed by atoms with Crippen LogP contribution in [0.25, 0.3) is 0 Å². The Balaban J connectivity index is 1.87. The monoisotopic (exact) mass is 245 g/mol. The maximum atomic E-state index is 8.91. The zero-order valence-corrected chi connectivity index (χ0v) is 10.0. The Morgan fingerprint density at radius 1 is 1.50 bits per heavy atom. The normalized spacial score (nSPS) is 19.3. The Labute approximate surface area is 106 Å². The molecule has 1 aliphatic rings. The lowest BCUT2D eigenvalue weighted by Gasteiger charge is -2.22. The summed E-state index contributed by atoms with van der Waals surface area (Å²) in [5.41, 5.74) is 2.08. The summed E-state index contributed by atoms with van der Waals surface area (Å²) in [6.07, 6.45) is 5.05. The van der Waals surface area contributed by atoms with Crippen LogP contribution >= 0.6 is 0 Å². The molecule has 0 saturated heterocycles. The topological polar surface area (TPSA) is 78.5 Å². The van der Waals surface area contributed by atoms with Crippen LogP contribution < -0.4 is 0 Å². The van der Waals surface area contributed by atoms with Crippen molar-refractivity contribution < 1.29 is 9.94 Å². The minimum atomic E-state index is 0.169. The van der Waals surface area contributed by atoms with Crippen molar-refractivity contribution in [3.63, 3.8) is 0 Å². The van der Waals surface area contributed by atoms with Gasteiger partial charge >= 0.3 is 0 Å². The third kappa shape index (κ3) is 3.05. The van der Waals surface area contributed by atoms with Gasteiger partial charge in [-0.1, -0.05) is 11.2 Å². The van der Waals surface area contributed by atoms with Crippen molar-refractivity contribution in [1.29, 1.82) is 5.26 Å². The van der Waals surface area contributed by atoms with E-state index in [9.17, 15) is 0 Å². The van der Waals surface area contributed by atoms with Crippen LogP contribution in [0.15, 0.2) is 23.5 Å². The van der Waals surface area contributed by atoms with E-state index < -0.39 is 0 Å². The van der Waals surface area contributed by atoms with Crippen LogP contribution in [0.2, 0.25) is 0 Å². The second-order valence-electron chi connectivity index (χ2n) is 4.30. The third-order valence-electron chi connectivity index (χ3n) is 3.12. The second kappa shape index (κ2) is 6.12. The van der Waals surface area contributed by atoms with E-state index in [1.807, 2.05) is 6.07 Å². The summed E-state index contributed by atoms with van der Waals surface area (Å²) in [7, 11) is 0. The van der Waals surface area contributed by atoms with Gasteiger partial charge in [0.25, 0.3) is 0 Å². The minimum Gasteiger partial charge on any atom is -0.411 e. The van der Waals surface area contributed by atoms with Crippen LogP contribution in [0.4, 0.5) is 0 Å². The Morgan fingerprint density at radius 2 is 2.28 bits per heavy atom. The summed E-state index contributed by atoms with van der Waals surface area (Å²) >= 11 is 0. The van der Waals surface area contributed by atoms with E-state index in [0.717, 1.165) is 37.0 Å². The molecular formula is C13H15N3O2. The van der Waals surface area contributed by atoms with Gasteiger partial charge in [0.15, 0.2) is 0 Å². The zero-order chi connectivity index (χ0) is 12.8. The van der Waals surface area contributed by atoms with Crippen LogP contribution in [-0.4, -0.2) is 22.0 Å². The molecule has 2 rings (SSSR count). The number of hydrogen-bond donors (Lipinski definition) is 1. The first-order valence-electron chi connectivity index (χ1n) is 5.99. The summed E-state index contributed by atoms with van der Waals surface area (Å²) in [6, 6.07) is 5.71. The summed E-state index contributed by atoms with van der Waals surface area (Å²) < 4.78 is 5.78. The van der Waals surface area contributed by atoms with Crippen molar-refractivity contribution in [3.05, 3.63) is 29.6 Å². The van der Waals surface area contributed by atoms with Crippen molar-refractivity contribution in [2.24, 2.45) is 5.16 Å². The summed E-state index contributed by atoms with van der Waals surface area (Å²) in [4.78, 5) is 3.99. The SMILES string of the molecule is N#Cc1ncccc1COC1CCC(=NO)CC1. The van der Waals surface area contributed by atoms with E-state index in [0.29, 0.717) is 12.3 Å². The highest BCUT2D eigenvalue weighted by Gasteiger charge is 2.18. The summed E-state index contributed by atoms with van der Waals surface area (Å²) in [5, 5.41) is 20.8. The van der Waals surface area contributed by atoms with Crippen LogP contribution in [0.3, 0.4) is 0 Å². The van der Waals surface area contributed by atoms with Crippen LogP contribution in [0, 0.1) is 11.3 Å². The molecule has 0 radical (unpaired) electrons. The molecule has 0 aliphatic heterocycles. The molecule has 5 nitrogen and oxygen atoms in total. The number of nitriles is 1. The Bertz CT molecular complexity index is 469. The fraction of sp³-hybridized carbons (Fsp3) is 0.462. The minimum absolute atomic E-state index is 0.169. The molecule has 1 aromatic rings. The molecule has 1 aromatic heterocycles. The molecule has 0 bridgehead atoms. The molecule has 94 valence electrons. The van der Waals surface area contributed by atoms with Gasteiger partial charge in [-0.3, -0.25) is 0 Å². The van der Waals surface area contributed by atoms with Gasteiger partial charge in [-0.05, 0) is 31.7 Å². The first kappa shape index (κ1) is 12.5. The average Bonchev–Trinajstić information content (AvgIpc) is 2.46. The lowest BCUT2D eigenvalue weighted by molar-refractivity contribution is 0.0275. The van der Waals surface area contributed by atoms with E-state index in [-0.39, 0.29) is 6.10 Å². The van der Waals surface area contributed by atoms with Crippen LogP contribution in [-0.2, 0) is 11.3 Å². The molecule has 1 heterocycles. The number of nitrogens with zero attached hydrogens (tertiary/aromatic N) is 3. The van der Waals surface area contributed by atoms with Crippen LogP contribution in [0.5, 0.6) is 0 Å². The lowest BCUT2D eigenvalue weighted by Crippen LogP contribution is -2.21. The number of hydrogen-bond acceptors (Lipinski definition) is 5. The maximum absolute atomic E-state index is 8.91. The van der Waals surface area contributed by atoms with Gasteiger partial charge in [0.05, 0.1) is 18.4 Å². The van der Waals surface area contributed by atoms with Gasteiger partial charge in [-0.2, -0.15) is 5.26 Å². The number of pyridine rings is 1. The molecule has 1 fully saturated rings. The van der Waals surface area contributed by atoms with Crippen molar-refractivity contribution in [3.8, 4) is 6.07 Å². The second-order valence-corrected chi connectivity index (χ2v) is 4.30. The Morgan fingerprint density at radius 3 is 2.94 bits per heavy atom. The molecule has 1 N–H and O–H groups in total. The quantitative estimate of drug-likeness (QED) is 0.654. The molecule has 0 spiro atoms. The Hall–Kier alpha value is -1.93. The predicted octanol–water partition coefficient (Wildman–Crippen LogP) is 2.24.